The summed E-state index contributed by atoms with van der Waals surface area (Å²) in [5.74, 6) is 0.175. The van der Waals surface area contributed by atoms with Gasteiger partial charge >= 0.3 is 0 Å². The lowest BCUT2D eigenvalue weighted by molar-refractivity contribution is -0.141. The van der Waals surface area contributed by atoms with Gasteiger partial charge in [-0.3, -0.25) is 19.2 Å². The summed E-state index contributed by atoms with van der Waals surface area (Å²) in [6.45, 7) is 4.12. The van der Waals surface area contributed by atoms with Crippen LogP contribution >= 0.6 is 0 Å². The van der Waals surface area contributed by atoms with Crippen LogP contribution in [0.15, 0.2) is 12.4 Å². The van der Waals surface area contributed by atoms with Crippen LogP contribution in [0.5, 0.6) is 0 Å². The molecule has 2 aliphatic heterocycles. The van der Waals surface area contributed by atoms with Crippen LogP contribution in [-0.2, 0) is 27.9 Å². The molecule has 2 amide bonds. The van der Waals surface area contributed by atoms with E-state index < -0.39 is 0 Å². The zero-order valence-corrected chi connectivity index (χ0v) is 15.1. The Bertz CT molecular complexity index is 611. The number of hydrogen-bond acceptors (Lipinski definition) is 5. The fourth-order valence-corrected chi connectivity index (χ4v) is 3.50. The molecule has 1 aromatic rings. The average molecular weight is 349 g/mol. The molecular weight excluding hydrogens is 322 g/mol. The van der Waals surface area contributed by atoms with Gasteiger partial charge in [0.2, 0.25) is 11.8 Å². The smallest absolute Gasteiger partial charge is 0.240 e. The van der Waals surface area contributed by atoms with Crippen molar-refractivity contribution in [2.24, 2.45) is 7.05 Å². The molecule has 0 bridgehead atoms. The highest BCUT2D eigenvalue weighted by atomic mass is 16.5. The number of hydrogen-bond donors (Lipinski definition) is 0. The van der Waals surface area contributed by atoms with Crippen molar-refractivity contribution < 1.29 is 14.3 Å². The van der Waals surface area contributed by atoms with E-state index in [-0.39, 0.29) is 24.4 Å². The van der Waals surface area contributed by atoms with Gasteiger partial charge in [0.25, 0.3) is 0 Å². The number of rotatable bonds is 5. The number of ether oxygens (including phenoxy) is 1. The Kier molecular flexibility index (Phi) is 5.70. The minimum absolute atomic E-state index is 0.0329. The summed E-state index contributed by atoms with van der Waals surface area (Å²) in [5.41, 5.74) is 1.00. The van der Waals surface area contributed by atoms with E-state index in [9.17, 15) is 9.59 Å². The van der Waals surface area contributed by atoms with Crippen LogP contribution in [0.1, 0.15) is 18.4 Å². The Morgan fingerprint density at radius 3 is 2.76 bits per heavy atom. The van der Waals surface area contributed by atoms with Gasteiger partial charge in [-0.25, -0.2) is 0 Å². The molecule has 0 saturated carbocycles. The molecule has 8 nitrogen and oxygen atoms in total. The number of morpholine rings is 1. The highest BCUT2D eigenvalue weighted by Gasteiger charge is 2.35. The molecule has 0 spiro atoms. The van der Waals surface area contributed by atoms with Crippen molar-refractivity contribution in [3.05, 3.63) is 18.0 Å². The molecule has 0 N–H and O–H groups in total. The highest BCUT2D eigenvalue weighted by molar-refractivity contribution is 5.84. The van der Waals surface area contributed by atoms with Crippen molar-refractivity contribution in [1.29, 1.82) is 0 Å². The van der Waals surface area contributed by atoms with Gasteiger partial charge in [-0.1, -0.05) is 0 Å². The van der Waals surface area contributed by atoms with Crippen LogP contribution in [0.25, 0.3) is 0 Å². The lowest BCUT2D eigenvalue weighted by atomic mass is 10.2. The van der Waals surface area contributed by atoms with E-state index in [4.69, 9.17) is 4.74 Å². The zero-order valence-electron chi connectivity index (χ0n) is 15.1. The third-order valence-electron chi connectivity index (χ3n) is 4.91. The second-order valence-corrected chi connectivity index (χ2v) is 6.84. The van der Waals surface area contributed by atoms with Crippen LogP contribution in [0.4, 0.5) is 0 Å². The summed E-state index contributed by atoms with van der Waals surface area (Å²) in [5, 5.41) is 4.13. The Hall–Kier alpha value is -1.93. The predicted octanol–water partition coefficient (Wildman–Crippen LogP) is -0.298. The third kappa shape index (κ3) is 4.38. The average Bonchev–Trinajstić information content (AvgIpc) is 3.24. The lowest BCUT2D eigenvalue weighted by Gasteiger charge is -2.32. The minimum atomic E-state index is -0.172. The van der Waals surface area contributed by atoms with Crippen LogP contribution in [0.3, 0.4) is 0 Å². The van der Waals surface area contributed by atoms with Crippen LogP contribution in [-0.4, -0.2) is 88.8 Å². The van der Waals surface area contributed by atoms with E-state index in [0.29, 0.717) is 32.8 Å². The number of carbonyl (C=O) groups is 2. The minimum Gasteiger partial charge on any atom is -0.378 e. The molecule has 0 radical (unpaired) electrons. The van der Waals surface area contributed by atoms with Gasteiger partial charge in [0.05, 0.1) is 32.0 Å². The van der Waals surface area contributed by atoms with Crippen LogP contribution in [0.2, 0.25) is 0 Å². The van der Waals surface area contributed by atoms with Gasteiger partial charge in [0.15, 0.2) is 0 Å². The van der Waals surface area contributed by atoms with Gasteiger partial charge in [-0.05, 0) is 19.4 Å². The number of nitrogens with zero attached hydrogens (tertiary/aromatic N) is 5. The highest BCUT2D eigenvalue weighted by Crippen LogP contribution is 2.20. The number of carbonyl (C=O) groups excluding carboxylic acids is 2. The van der Waals surface area contributed by atoms with Gasteiger partial charge in [-0.2, -0.15) is 5.10 Å². The Morgan fingerprint density at radius 2 is 2.08 bits per heavy atom. The van der Waals surface area contributed by atoms with E-state index in [1.54, 1.807) is 22.8 Å². The van der Waals surface area contributed by atoms with E-state index in [2.05, 4.69) is 5.10 Å². The fourth-order valence-electron chi connectivity index (χ4n) is 3.50. The number of aryl methyl sites for hydroxylation is 1. The first-order chi connectivity index (χ1) is 12.0. The molecule has 0 unspecified atom stereocenters. The number of likely N-dealkylation sites (tertiary alicyclic amines) is 1. The Labute approximate surface area is 148 Å². The summed E-state index contributed by atoms with van der Waals surface area (Å²) in [6, 6.07) is -0.172. The van der Waals surface area contributed by atoms with E-state index >= 15 is 0 Å². The molecule has 25 heavy (non-hydrogen) atoms. The van der Waals surface area contributed by atoms with Crippen molar-refractivity contribution in [3.8, 4) is 0 Å². The van der Waals surface area contributed by atoms with Crippen LogP contribution < -0.4 is 0 Å². The maximum atomic E-state index is 12.7. The van der Waals surface area contributed by atoms with Gasteiger partial charge in [-0.15, -0.1) is 0 Å². The third-order valence-corrected chi connectivity index (χ3v) is 4.91. The fraction of sp³-hybridized carbons (Fsp3) is 0.706. The summed E-state index contributed by atoms with van der Waals surface area (Å²) in [4.78, 5) is 30.9. The monoisotopic (exact) mass is 349 g/mol. The van der Waals surface area contributed by atoms with Crippen molar-refractivity contribution in [2.75, 3.05) is 46.4 Å². The molecule has 0 aromatic carbocycles. The van der Waals surface area contributed by atoms with Gasteiger partial charge in [0.1, 0.15) is 0 Å². The Balaban J connectivity index is 1.54. The van der Waals surface area contributed by atoms with Gasteiger partial charge in [0, 0.05) is 45.5 Å². The first-order valence-corrected chi connectivity index (χ1v) is 8.86. The molecule has 1 atom stereocenters. The lowest BCUT2D eigenvalue weighted by Crippen LogP contribution is -2.51. The number of amides is 2. The quantitative estimate of drug-likeness (QED) is 0.730. The summed E-state index contributed by atoms with van der Waals surface area (Å²) >= 11 is 0. The largest absolute Gasteiger partial charge is 0.378 e. The second-order valence-electron chi connectivity index (χ2n) is 6.84. The molecule has 0 aliphatic carbocycles. The molecule has 2 saturated heterocycles. The SMILES string of the molecule is CN(Cc1cnn(C)c1)C(=O)CN1CCC[C@@H]1C(=O)N1CCOCC1. The zero-order chi connectivity index (χ0) is 17.8. The molecule has 8 heteroatoms. The molecule has 1 aromatic heterocycles. The molecular formula is C17H27N5O3. The summed E-state index contributed by atoms with van der Waals surface area (Å²) < 4.78 is 7.05. The van der Waals surface area contributed by atoms with E-state index in [1.807, 2.05) is 23.0 Å². The van der Waals surface area contributed by atoms with E-state index in [0.717, 1.165) is 24.9 Å². The van der Waals surface area contributed by atoms with Crippen molar-refractivity contribution in [2.45, 2.75) is 25.4 Å². The van der Waals surface area contributed by atoms with Crippen molar-refractivity contribution >= 4 is 11.8 Å². The molecule has 3 rings (SSSR count). The summed E-state index contributed by atoms with van der Waals surface area (Å²) in [6.07, 6.45) is 5.46. The van der Waals surface area contributed by atoms with Crippen molar-refractivity contribution in [3.63, 3.8) is 0 Å². The maximum absolute atomic E-state index is 12.7. The molecule has 2 aliphatic rings. The Morgan fingerprint density at radius 1 is 1.32 bits per heavy atom. The van der Waals surface area contributed by atoms with Crippen LogP contribution in [0, 0.1) is 0 Å². The predicted molar refractivity (Wildman–Crippen MR) is 91.7 cm³/mol. The summed E-state index contributed by atoms with van der Waals surface area (Å²) in [7, 11) is 3.65. The number of aromatic nitrogens is 2. The van der Waals surface area contributed by atoms with Gasteiger partial charge < -0.3 is 14.5 Å². The van der Waals surface area contributed by atoms with E-state index in [1.165, 1.54) is 0 Å². The molecule has 2 fully saturated rings. The first kappa shape index (κ1) is 17.9. The first-order valence-electron chi connectivity index (χ1n) is 8.86. The maximum Gasteiger partial charge on any atom is 0.240 e. The topological polar surface area (TPSA) is 70.9 Å². The molecule has 3 heterocycles. The second kappa shape index (κ2) is 7.97. The molecule has 138 valence electrons. The standard InChI is InChI=1S/C17H27N5O3/c1-19(11-14-10-18-20(2)12-14)16(23)13-22-5-3-4-15(22)17(24)21-6-8-25-9-7-21/h10,12,15H,3-9,11,13H2,1-2H3/t15-/m1/s1. The normalized spacial score (nSPS) is 21.5. The van der Waals surface area contributed by atoms with Crippen molar-refractivity contribution in [1.82, 2.24) is 24.5 Å². The number of likely N-dealkylation sites (N-methyl/N-ethyl adjacent to an activating group) is 1.